The smallest absolute Gasteiger partial charge is 0.144 e. The van der Waals surface area contributed by atoms with Crippen LogP contribution in [0.25, 0.3) is 0 Å². The summed E-state index contributed by atoms with van der Waals surface area (Å²) >= 11 is 0. The second-order valence-electron chi connectivity index (χ2n) is 6.39. The van der Waals surface area contributed by atoms with E-state index < -0.39 is 0 Å². The summed E-state index contributed by atoms with van der Waals surface area (Å²) in [5.74, 6) is 0. The van der Waals surface area contributed by atoms with E-state index in [1.807, 2.05) is 12.1 Å². The fraction of sp³-hybridized carbons (Fsp3) is 0.600. The van der Waals surface area contributed by atoms with E-state index in [2.05, 4.69) is 43.6 Å². The average Bonchev–Trinajstić information content (AvgIpc) is 2.25. The van der Waals surface area contributed by atoms with Crippen LogP contribution in [0.2, 0.25) is 0 Å². The first kappa shape index (κ1) is 14.0. The second-order valence-corrected chi connectivity index (χ2v) is 6.39. The van der Waals surface area contributed by atoms with E-state index in [4.69, 9.17) is 10.00 Å². The van der Waals surface area contributed by atoms with Crippen molar-refractivity contribution in [3.63, 3.8) is 0 Å². The number of pyridine rings is 1. The molecular formula is C15H21N3O. The van der Waals surface area contributed by atoms with Gasteiger partial charge in [-0.3, -0.25) is 4.90 Å². The number of nitrogens with zero attached hydrogens (tertiary/aromatic N) is 3. The van der Waals surface area contributed by atoms with Gasteiger partial charge in [-0.15, -0.1) is 0 Å². The molecule has 0 aliphatic carbocycles. The minimum Gasteiger partial charge on any atom is -0.367 e. The number of ether oxygens (including phenoxy) is 1. The van der Waals surface area contributed by atoms with Gasteiger partial charge in [0.2, 0.25) is 0 Å². The highest BCUT2D eigenvalue weighted by atomic mass is 16.5. The predicted molar refractivity (Wildman–Crippen MR) is 73.5 cm³/mol. The van der Waals surface area contributed by atoms with Crippen LogP contribution in [-0.4, -0.2) is 34.2 Å². The molecule has 1 aliphatic heterocycles. The third-order valence-electron chi connectivity index (χ3n) is 3.15. The summed E-state index contributed by atoms with van der Waals surface area (Å²) in [5, 5.41) is 9.10. The molecule has 4 heteroatoms. The molecule has 1 aromatic heterocycles. The van der Waals surface area contributed by atoms with Crippen molar-refractivity contribution in [2.75, 3.05) is 13.1 Å². The van der Waals surface area contributed by atoms with Crippen molar-refractivity contribution in [1.82, 2.24) is 9.88 Å². The van der Waals surface area contributed by atoms with Gasteiger partial charge in [-0.05, 0) is 33.8 Å². The van der Waals surface area contributed by atoms with Crippen LogP contribution in [0.15, 0.2) is 18.3 Å². The SMILES string of the molecule is CC1(C)CN(Cc2cccnc2C#N)CC(C)(C)O1. The molecule has 4 nitrogen and oxygen atoms in total. The fourth-order valence-corrected chi connectivity index (χ4v) is 2.96. The van der Waals surface area contributed by atoms with Gasteiger partial charge in [0.15, 0.2) is 0 Å². The summed E-state index contributed by atoms with van der Waals surface area (Å²) in [7, 11) is 0. The molecule has 1 saturated heterocycles. The number of rotatable bonds is 2. The van der Waals surface area contributed by atoms with Crippen LogP contribution in [0.3, 0.4) is 0 Å². The van der Waals surface area contributed by atoms with Crippen LogP contribution in [0.4, 0.5) is 0 Å². The van der Waals surface area contributed by atoms with Crippen LogP contribution in [0.1, 0.15) is 39.0 Å². The zero-order valence-corrected chi connectivity index (χ0v) is 12.1. The van der Waals surface area contributed by atoms with E-state index >= 15 is 0 Å². The molecule has 0 aromatic carbocycles. The topological polar surface area (TPSA) is 49.2 Å². The van der Waals surface area contributed by atoms with Crippen LogP contribution in [-0.2, 0) is 11.3 Å². The Hall–Kier alpha value is -1.44. The molecule has 0 amide bonds. The molecule has 0 atom stereocenters. The summed E-state index contributed by atoms with van der Waals surface area (Å²) in [5.41, 5.74) is 1.16. The maximum Gasteiger partial charge on any atom is 0.144 e. The summed E-state index contributed by atoms with van der Waals surface area (Å²) in [4.78, 5) is 6.45. The van der Waals surface area contributed by atoms with E-state index in [-0.39, 0.29) is 11.2 Å². The normalized spacial score (nSPS) is 21.8. The Morgan fingerprint density at radius 2 is 1.95 bits per heavy atom. The molecule has 1 aromatic rings. The molecule has 0 saturated carbocycles. The molecule has 1 fully saturated rings. The summed E-state index contributed by atoms with van der Waals surface area (Å²) in [6.07, 6.45) is 1.66. The molecule has 0 spiro atoms. The zero-order chi connectivity index (χ0) is 14.1. The maximum atomic E-state index is 9.10. The van der Waals surface area contributed by atoms with Gasteiger partial charge in [0, 0.05) is 31.4 Å². The van der Waals surface area contributed by atoms with Gasteiger partial charge in [-0.25, -0.2) is 4.98 Å². The molecular weight excluding hydrogens is 238 g/mol. The highest BCUT2D eigenvalue weighted by Crippen LogP contribution is 2.29. The minimum absolute atomic E-state index is 0.170. The molecule has 1 aliphatic rings. The van der Waals surface area contributed by atoms with Crippen LogP contribution >= 0.6 is 0 Å². The van der Waals surface area contributed by atoms with Crippen molar-refractivity contribution in [2.24, 2.45) is 0 Å². The molecule has 19 heavy (non-hydrogen) atoms. The quantitative estimate of drug-likeness (QED) is 0.818. The van der Waals surface area contributed by atoms with Gasteiger partial charge in [0.05, 0.1) is 11.2 Å². The minimum atomic E-state index is -0.170. The van der Waals surface area contributed by atoms with Crippen molar-refractivity contribution < 1.29 is 4.74 Å². The van der Waals surface area contributed by atoms with Gasteiger partial charge in [0.25, 0.3) is 0 Å². The van der Waals surface area contributed by atoms with E-state index in [0.29, 0.717) is 5.69 Å². The number of morpholine rings is 1. The average molecular weight is 259 g/mol. The summed E-state index contributed by atoms with van der Waals surface area (Å²) < 4.78 is 6.06. The van der Waals surface area contributed by atoms with Crippen molar-refractivity contribution in [3.8, 4) is 6.07 Å². The number of aromatic nitrogens is 1. The Bertz CT molecular complexity index is 486. The standard InChI is InChI=1S/C15H21N3O/c1-14(2)10-18(11-15(3,4)19-14)9-12-6-5-7-17-13(12)8-16/h5-7H,9-11H2,1-4H3. The molecule has 0 bridgehead atoms. The highest BCUT2D eigenvalue weighted by molar-refractivity contribution is 5.30. The second kappa shape index (κ2) is 4.92. The van der Waals surface area contributed by atoms with Gasteiger partial charge < -0.3 is 4.74 Å². The third-order valence-corrected chi connectivity index (χ3v) is 3.15. The van der Waals surface area contributed by atoms with E-state index in [1.54, 1.807) is 6.20 Å². The van der Waals surface area contributed by atoms with Gasteiger partial charge in [-0.2, -0.15) is 5.26 Å². The van der Waals surface area contributed by atoms with Crippen molar-refractivity contribution >= 4 is 0 Å². The lowest BCUT2D eigenvalue weighted by molar-refractivity contribution is -0.182. The highest BCUT2D eigenvalue weighted by Gasteiger charge is 2.38. The zero-order valence-electron chi connectivity index (χ0n) is 12.1. The molecule has 2 heterocycles. The van der Waals surface area contributed by atoms with Gasteiger partial charge >= 0.3 is 0 Å². The number of nitriles is 1. The molecule has 2 rings (SSSR count). The Kier molecular flexibility index (Phi) is 3.62. The lowest BCUT2D eigenvalue weighted by Crippen LogP contribution is -2.56. The first-order valence-electron chi connectivity index (χ1n) is 6.58. The van der Waals surface area contributed by atoms with Crippen molar-refractivity contribution in [3.05, 3.63) is 29.6 Å². The van der Waals surface area contributed by atoms with Gasteiger partial charge in [-0.1, -0.05) is 6.07 Å². The van der Waals surface area contributed by atoms with Crippen molar-refractivity contribution in [2.45, 2.75) is 45.4 Å². The van der Waals surface area contributed by atoms with E-state index in [0.717, 1.165) is 25.2 Å². The van der Waals surface area contributed by atoms with Crippen molar-refractivity contribution in [1.29, 1.82) is 5.26 Å². The Labute approximate surface area is 115 Å². The number of hydrogen-bond acceptors (Lipinski definition) is 4. The monoisotopic (exact) mass is 259 g/mol. The first-order chi connectivity index (χ1) is 8.81. The number of hydrogen-bond donors (Lipinski definition) is 0. The Morgan fingerprint density at radius 1 is 1.32 bits per heavy atom. The summed E-state index contributed by atoms with van der Waals surface area (Å²) in [6, 6.07) is 6.01. The largest absolute Gasteiger partial charge is 0.367 e. The van der Waals surface area contributed by atoms with Gasteiger partial charge in [0.1, 0.15) is 11.8 Å². The molecule has 102 valence electrons. The van der Waals surface area contributed by atoms with Crippen LogP contribution in [0, 0.1) is 11.3 Å². The molecule has 0 radical (unpaired) electrons. The Morgan fingerprint density at radius 3 is 2.53 bits per heavy atom. The Balaban J connectivity index is 2.17. The molecule has 0 N–H and O–H groups in total. The first-order valence-corrected chi connectivity index (χ1v) is 6.58. The maximum absolute atomic E-state index is 9.10. The fourth-order valence-electron chi connectivity index (χ4n) is 2.96. The lowest BCUT2D eigenvalue weighted by atomic mass is 9.98. The summed E-state index contributed by atoms with van der Waals surface area (Å²) in [6.45, 7) is 10.9. The van der Waals surface area contributed by atoms with E-state index in [1.165, 1.54) is 0 Å². The third kappa shape index (κ3) is 3.52. The van der Waals surface area contributed by atoms with Crippen LogP contribution < -0.4 is 0 Å². The van der Waals surface area contributed by atoms with E-state index in [9.17, 15) is 0 Å². The lowest BCUT2D eigenvalue weighted by Gasteiger charge is -2.47. The van der Waals surface area contributed by atoms with Crippen LogP contribution in [0.5, 0.6) is 0 Å². The molecule has 0 unspecified atom stereocenters. The predicted octanol–water partition coefficient (Wildman–Crippen LogP) is 2.34.